The molecule has 0 unspecified atom stereocenters. The van der Waals surface area contributed by atoms with Crippen molar-refractivity contribution in [1.29, 1.82) is 0 Å². The van der Waals surface area contributed by atoms with Crippen LogP contribution in [0.2, 0.25) is 0 Å². The first-order chi connectivity index (χ1) is 15.0. The maximum Gasteiger partial charge on any atom is 0.164 e. The molecular formula is C21H22N6O4. The molecule has 0 spiro atoms. The summed E-state index contributed by atoms with van der Waals surface area (Å²) in [7, 11) is 1.77. The molecule has 0 saturated carbocycles. The molecule has 10 heteroatoms. The van der Waals surface area contributed by atoms with Crippen molar-refractivity contribution in [3.05, 3.63) is 48.9 Å². The molecule has 4 heterocycles. The third kappa shape index (κ3) is 3.40. The van der Waals surface area contributed by atoms with E-state index in [0.717, 1.165) is 10.8 Å². The summed E-state index contributed by atoms with van der Waals surface area (Å²) in [4.78, 5) is 12.8. The zero-order valence-corrected chi connectivity index (χ0v) is 16.7. The van der Waals surface area contributed by atoms with Crippen LogP contribution >= 0.6 is 0 Å². The van der Waals surface area contributed by atoms with Gasteiger partial charge in [0, 0.05) is 24.7 Å². The topological polar surface area (TPSA) is 141 Å². The molecule has 0 amide bonds. The second kappa shape index (κ2) is 7.65. The Kier molecular flexibility index (Phi) is 4.81. The number of nitrogens with one attached hydrogen (secondary N) is 1. The Morgan fingerprint density at radius 2 is 2.00 bits per heavy atom. The number of benzene rings is 1. The van der Waals surface area contributed by atoms with Crippen LogP contribution in [0.1, 0.15) is 6.23 Å². The highest BCUT2D eigenvalue weighted by molar-refractivity contribution is 5.87. The molecule has 0 radical (unpaired) electrons. The number of aromatic nitrogens is 4. The predicted molar refractivity (Wildman–Crippen MR) is 115 cm³/mol. The van der Waals surface area contributed by atoms with E-state index in [9.17, 15) is 10.2 Å². The summed E-state index contributed by atoms with van der Waals surface area (Å²) < 4.78 is 13.5. The zero-order chi connectivity index (χ0) is 21.5. The summed E-state index contributed by atoms with van der Waals surface area (Å²) in [6, 6.07) is 10.9. The number of anilines is 2. The first-order valence-corrected chi connectivity index (χ1v) is 9.85. The van der Waals surface area contributed by atoms with E-state index in [1.165, 1.54) is 6.33 Å². The molecule has 5 rings (SSSR count). The molecular weight excluding hydrogens is 400 g/mol. The molecule has 160 valence electrons. The van der Waals surface area contributed by atoms with Crippen molar-refractivity contribution < 1.29 is 19.7 Å². The Bertz CT molecular complexity index is 1250. The van der Waals surface area contributed by atoms with Crippen molar-refractivity contribution in [2.75, 3.05) is 24.7 Å². The number of aliphatic hydroxyl groups is 2. The number of hydrogen-bond donors (Lipinski definition) is 4. The Balaban J connectivity index is 1.34. The van der Waals surface area contributed by atoms with Gasteiger partial charge in [-0.1, -0.05) is 0 Å². The number of fused-ring (bicyclic) bond motifs is 2. The summed E-state index contributed by atoms with van der Waals surface area (Å²) in [6.45, 7) is 0.0541. The lowest BCUT2D eigenvalue weighted by molar-refractivity contribution is -0.0471. The highest BCUT2D eigenvalue weighted by Gasteiger charge is 2.44. The van der Waals surface area contributed by atoms with Crippen LogP contribution in [0.5, 0.6) is 5.75 Å². The number of pyridine rings is 1. The fourth-order valence-corrected chi connectivity index (χ4v) is 3.85. The third-order valence-corrected chi connectivity index (χ3v) is 5.46. The molecule has 4 atom stereocenters. The number of nitrogens with zero attached hydrogens (tertiary/aromatic N) is 4. The van der Waals surface area contributed by atoms with Crippen molar-refractivity contribution in [2.45, 2.75) is 24.5 Å². The summed E-state index contributed by atoms with van der Waals surface area (Å²) in [5.41, 5.74) is 7.06. The summed E-state index contributed by atoms with van der Waals surface area (Å²) in [5, 5.41) is 25.9. The molecule has 1 aromatic carbocycles. The monoisotopic (exact) mass is 422 g/mol. The minimum Gasteiger partial charge on any atom is -0.491 e. The Morgan fingerprint density at radius 3 is 2.84 bits per heavy atom. The van der Waals surface area contributed by atoms with Crippen LogP contribution in [-0.4, -0.2) is 61.7 Å². The first-order valence-electron chi connectivity index (χ1n) is 9.85. The number of ether oxygens (including phenoxy) is 2. The molecule has 4 aromatic rings. The standard InChI is InChI=1S/C21H22N6O4/c1-23-19-13-6-7-27(20(13)25-10-24-19)21-18(29)17(28)15(31-21)9-30-12-4-2-11-3-5-16(22)26-14(11)8-12/h2-8,10,15,17-18,21,28-29H,9H2,1H3,(H2,22,26)(H,23,24,25)/t15-,17-,18-,21-/m1/s1. The van der Waals surface area contributed by atoms with Gasteiger partial charge in [-0.3, -0.25) is 0 Å². The van der Waals surface area contributed by atoms with Gasteiger partial charge in [0.2, 0.25) is 0 Å². The largest absolute Gasteiger partial charge is 0.491 e. The van der Waals surface area contributed by atoms with Crippen LogP contribution in [0, 0.1) is 0 Å². The highest BCUT2D eigenvalue weighted by Crippen LogP contribution is 2.33. The Labute approximate surface area is 177 Å². The molecule has 1 aliphatic rings. The molecule has 10 nitrogen and oxygen atoms in total. The van der Waals surface area contributed by atoms with E-state index in [1.807, 2.05) is 24.3 Å². The lowest BCUT2D eigenvalue weighted by Crippen LogP contribution is -2.34. The van der Waals surface area contributed by atoms with E-state index < -0.39 is 24.5 Å². The van der Waals surface area contributed by atoms with E-state index in [-0.39, 0.29) is 6.61 Å². The Morgan fingerprint density at radius 1 is 1.16 bits per heavy atom. The van der Waals surface area contributed by atoms with Gasteiger partial charge in [-0.2, -0.15) is 0 Å². The minimum absolute atomic E-state index is 0.0541. The average Bonchev–Trinajstić information content (AvgIpc) is 3.33. The second-order valence-electron chi connectivity index (χ2n) is 7.38. The number of aliphatic hydroxyl groups excluding tert-OH is 2. The molecule has 3 aromatic heterocycles. The first kappa shape index (κ1) is 19.5. The molecule has 1 aliphatic heterocycles. The van der Waals surface area contributed by atoms with Crippen LogP contribution in [-0.2, 0) is 4.74 Å². The third-order valence-electron chi connectivity index (χ3n) is 5.46. The van der Waals surface area contributed by atoms with Gasteiger partial charge in [0.15, 0.2) is 6.23 Å². The van der Waals surface area contributed by atoms with Gasteiger partial charge in [0.25, 0.3) is 0 Å². The average molecular weight is 422 g/mol. The van der Waals surface area contributed by atoms with E-state index >= 15 is 0 Å². The fraction of sp³-hybridized carbons (Fsp3) is 0.286. The van der Waals surface area contributed by atoms with Crippen LogP contribution in [0.3, 0.4) is 0 Å². The van der Waals surface area contributed by atoms with Gasteiger partial charge in [-0.25, -0.2) is 15.0 Å². The van der Waals surface area contributed by atoms with Crippen molar-refractivity contribution in [3.8, 4) is 5.75 Å². The van der Waals surface area contributed by atoms with Crippen LogP contribution in [0.15, 0.2) is 48.9 Å². The molecule has 0 bridgehead atoms. The van der Waals surface area contributed by atoms with E-state index in [1.54, 1.807) is 29.9 Å². The Hall–Kier alpha value is -3.47. The van der Waals surface area contributed by atoms with Crippen LogP contribution < -0.4 is 15.8 Å². The maximum absolute atomic E-state index is 10.6. The zero-order valence-electron chi connectivity index (χ0n) is 16.7. The normalized spacial score (nSPS) is 23.5. The van der Waals surface area contributed by atoms with Gasteiger partial charge in [0.1, 0.15) is 54.3 Å². The van der Waals surface area contributed by atoms with Crippen LogP contribution in [0.4, 0.5) is 11.6 Å². The van der Waals surface area contributed by atoms with Gasteiger partial charge in [-0.15, -0.1) is 0 Å². The van der Waals surface area contributed by atoms with E-state index in [0.29, 0.717) is 28.5 Å². The second-order valence-corrected chi connectivity index (χ2v) is 7.38. The minimum atomic E-state index is -1.14. The van der Waals surface area contributed by atoms with E-state index in [2.05, 4.69) is 20.3 Å². The van der Waals surface area contributed by atoms with Crippen molar-refractivity contribution in [3.63, 3.8) is 0 Å². The van der Waals surface area contributed by atoms with Crippen molar-refractivity contribution >= 4 is 33.6 Å². The summed E-state index contributed by atoms with van der Waals surface area (Å²) in [6.07, 6.45) is -0.614. The lowest BCUT2D eigenvalue weighted by Gasteiger charge is -2.17. The molecule has 1 fully saturated rings. The predicted octanol–water partition coefficient (Wildman–Crippen LogP) is 1.30. The number of nitrogen functional groups attached to an aromatic ring is 1. The molecule has 0 aliphatic carbocycles. The summed E-state index contributed by atoms with van der Waals surface area (Å²) in [5.74, 6) is 1.66. The fourth-order valence-electron chi connectivity index (χ4n) is 3.85. The lowest BCUT2D eigenvalue weighted by atomic mass is 10.1. The number of nitrogens with two attached hydrogens (primary N) is 1. The molecule has 1 saturated heterocycles. The smallest absolute Gasteiger partial charge is 0.164 e. The number of hydrogen-bond acceptors (Lipinski definition) is 9. The van der Waals surface area contributed by atoms with Crippen LogP contribution in [0.25, 0.3) is 21.9 Å². The summed E-state index contributed by atoms with van der Waals surface area (Å²) >= 11 is 0. The van der Waals surface area contributed by atoms with Crippen molar-refractivity contribution in [1.82, 2.24) is 19.5 Å². The molecule has 31 heavy (non-hydrogen) atoms. The maximum atomic E-state index is 10.6. The number of rotatable bonds is 5. The quantitative estimate of drug-likeness (QED) is 0.374. The van der Waals surface area contributed by atoms with Gasteiger partial charge >= 0.3 is 0 Å². The van der Waals surface area contributed by atoms with Gasteiger partial charge in [-0.05, 0) is 30.3 Å². The van der Waals surface area contributed by atoms with Gasteiger partial charge in [0.05, 0.1) is 10.9 Å². The highest BCUT2D eigenvalue weighted by atomic mass is 16.6. The molecule has 5 N–H and O–H groups in total. The van der Waals surface area contributed by atoms with Crippen molar-refractivity contribution in [2.24, 2.45) is 0 Å². The van der Waals surface area contributed by atoms with E-state index in [4.69, 9.17) is 15.2 Å². The van der Waals surface area contributed by atoms with Gasteiger partial charge < -0.3 is 35.3 Å². The SMILES string of the molecule is CNc1ncnc2c1ccn2[C@@H]1O[C@H](COc2ccc3ccc(N)nc3c2)[C@@H](O)[C@H]1O.